The second kappa shape index (κ2) is 48.8. The highest BCUT2D eigenvalue weighted by molar-refractivity contribution is 5.71. The zero-order valence-corrected chi connectivity index (χ0v) is 39.5. The van der Waals surface area contributed by atoms with Crippen LogP contribution in [-0.4, -0.2) is 37.2 Å². The Bertz CT molecular complexity index is 1100. The molecule has 0 amide bonds. The van der Waals surface area contributed by atoms with E-state index in [1.807, 2.05) is 18.2 Å². The Kier molecular flexibility index (Phi) is 46.4. The minimum absolute atomic E-state index is 0.0819. The van der Waals surface area contributed by atoms with Crippen LogP contribution in [0.4, 0.5) is 0 Å². The van der Waals surface area contributed by atoms with Crippen LogP contribution >= 0.6 is 0 Å². The number of allylic oxidation sites excluding steroid dienone is 10. The number of hydrogen-bond donors (Lipinski definition) is 0. The molecule has 6 nitrogen and oxygen atoms in total. The maximum atomic E-state index is 12.8. The third kappa shape index (κ3) is 46.2. The highest BCUT2D eigenvalue weighted by atomic mass is 16.6. The van der Waals surface area contributed by atoms with Gasteiger partial charge in [-0.3, -0.25) is 14.4 Å². The first-order valence-electron chi connectivity index (χ1n) is 25.3. The van der Waals surface area contributed by atoms with Crippen molar-refractivity contribution in [3.05, 3.63) is 60.8 Å². The minimum atomic E-state index is -0.783. The van der Waals surface area contributed by atoms with Crippen LogP contribution in [-0.2, 0) is 28.6 Å². The van der Waals surface area contributed by atoms with Crippen LogP contribution in [0.2, 0.25) is 0 Å². The van der Waals surface area contributed by atoms with E-state index in [1.54, 1.807) is 0 Å². The second-order valence-corrected chi connectivity index (χ2v) is 16.8. The van der Waals surface area contributed by atoms with Gasteiger partial charge in [-0.25, -0.2) is 0 Å². The molecule has 1 unspecified atom stereocenters. The first-order valence-corrected chi connectivity index (χ1v) is 25.3. The average molecular weight is 839 g/mol. The van der Waals surface area contributed by atoms with Gasteiger partial charge >= 0.3 is 17.9 Å². The molecule has 1 atom stereocenters. The molecule has 0 spiro atoms. The van der Waals surface area contributed by atoms with Gasteiger partial charge in [0.25, 0.3) is 0 Å². The van der Waals surface area contributed by atoms with E-state index in [0.29, 0.717) is 19.3 Å². The van der Waals surface area contributed by atoms with Crippen molar-refractivity contribution in [2.24, 2.45) is 0 Å². The summed E-state index contributed by atoms with van der Waals surface area (Å²) in [4.78, 5) is 37.9. The predicted molar refractivity (Wildman–Crippen MR) is 256 cm³/mol. The molecule has 0 radical (unpaired) electrons. The van der Waals surface area contributed by atoms with Gasteiger partial charge in [-0.2, -0.15) is 0 Å². The molecule has 0 N–H and O–H groups in total. The van der Waals surface area contributed by atoms with Crippen LogP contribution in [0.3, 0.4) is 0 Å². The van der Waals surface area contributed by atoms with E-state index >= 15 is 0 Å². The molecule has 6 heteroatoms. The Balaban J connectivity index is 4.42. The van der Waals surface area contributed by atoms with Gasteiger partial charge in [0.2, 0.25) is 0 Å². The number of unbranched alkanes of at least 4 members (excludes halogenated alkanes) is 27. The van der Waals surface area contributed by atoms with E-state index in [-0.39, 0.29) is 31.1 Å². The van der Waals surface area contributed by atoms with E-state index in [1.165, 1.54) is 122 Å². The van der Waals surface area contributed by atoms with Gasteiger partial charge in [0.15, 0.2) is 6.10 Å². The number of esters is 3. The van der Waals surface area contributed by atoms with E-state index in [2.05, 4.69) is 63.3 Å². The summed E-state index contributed by atoms with van der Waals surface area (Å²) < 4.78 is 16.8. The molecule has 0 aliphatic carbocycles. The standard InChI is InChI=1S/C54H94O6/c1-4-7-10-13-16-19-22-25-27-29-32-35-38-41-44-47-53(56)59-50-51(49-58-52(55)46-43-40-37-34-31-24-21-18-15-12-9-6-3)60-54(57)48-45-42-39-36-33-30-28-26-23-20-17-14-11-8-5-2/h7,10,13,16,19-20,22-23,25,27,51H,4-6,8-9,11-12,14-15,17-18,21,24,26,28-50H2,1-3H3/b10-7-,16-13-,22-19-,23-20-,27-25-. The topological polar surface area (TPSA) is 78.9 Å². The summed E-state index contributed by atoms with van der Waals surface area (Å²) in [5, 5.41) is 0. The maximum absolute atomic E-state index is 12.8. The highest BCUT2D eigenvalue weighted by Gasteiger charge is 2.19. The van der Waals surface area contributed by atoms with Crippen molar-refractivity contribution in [1.29, 1.82) is 0 Å². The summed E-state index contributed by atoms with van der Waals surface area (Å²) in [6.45, 7) is 6.47. The summed E-state index contributed by atoms with van der Waals surface area (Å²) in [5.41, 5.74) is 0. The van der Waals surface area contributed by atoms with Gasteiger partial charge in [0.1, 0.15) is 13.2 Å². The largest absolute Gasteiger partial charge is 0.462 e. The van der Waals surface area contributed by atoms with Crippen molar-refractivity contribution in [3.8, 4) is 0 Å². The quantitative estimate of drug-likeness (QED) is 0.0200. The lowest BCUT2D eigenvalue weighted by molar-refractivity contribution is -0.167. The molecular formula is C54H94O6. The van der Waals surface area contributed by atoms with Gasteiger partial charge in [-0.1, -0.05) is 223 Å². The van der Waals surface area contributed by atoms with E-state index in [4.69, 9.17) is 14.2 Å². The summed E-state index contributed by atoms with van der Waals surface area (Å²) in [6.07, 6.45) is 59.1. The van der Waals surface area contributed by atoms with E-state index < -0.39 is 6.10 Å². The predicted octanol–water partition coefficient (Wildman–Crippen LogP) is 16.5. The SMILES string of the molecule is CC\C=C/C=C\C=C/C=C\CCCCCCCC(=O)OCC(COC(=O)CCCCCCCCCCCCCC)OC(=O)CCCCCCCCC/C=C\CCCCCC. The normalized spacial score (nSPS) is 12.5. The lowest BCUT2D eigenvalue weighted by Crippen LogP contribution is -2.30. The molecule has 60 heavy (non-hydrogen) atoms. The van der Waals surface area contributed by atoms with Crippen molar-refractivity contribution in [2.75, 3.05) is 13.2 Å². The van der Waals surface area contributed by atoms with Gasteiger partial charge in [-0.15, -0.1) is 0 Å². The summed E-state index contributed by atoms with van der Waals surface area (Å²) in [6, 6.07) is 0. The lowest BCUT2D eigenvalue weighted by Gasteiger charge is -2.18. The van der Waals surface area contributed by atoms with Crippen LogP contribution in [0.25, 0.3) is 0 Å². The Morgan fingerprint density at radius 2 is 0.667 bits per heavy atom. The Hall–Kier alpha value is -2.89. The van der Waals surface area contributed by atoms with Crippen LogP contribution in [0.1, 0.15) is 245 Å². The molecule has 0 heterocycles. The molecule has 0 bridgehead atoms. The highest BCUT2D eigenvalue weighted by Crippen LogP contribution is 2.15. The van der Waals surface area contributed by atoms with Gasteiger partial charge < -0.3 is 14.2 Å². The molecule has 0 saturated heterocycles. The molecule has 0 aliphatic rings. The molecule has 0 fully saturated rings. The zero-order valence-electron chi connectivity index (χ0n) is 39.5. The first kappa shape index (κ1) is 57.1. The number of carbonyl (C=O) groups excluding carboxylic acids is 3. The molecule has 0 aliphatic heterocycles. The Labute approximate surface area is 370 Å². The fraction of sp³-hybridized carbons (Fsp3) is 0.759. The lowest BCUT2D eigenvalue weighted by atomic mass is 10.0. The number of hydrogen-bond acceptors (Lipinski definition) is 6. The van der Waals surface area contributed by atoms with Crippen LogP contribution in [0.5, 0.6) is 0 Å². The molecule has 0 aromatic rings. The number of rotatable bonds is 45. The van der Waals surface area contributed by atoms with Crippen molar-refractivity contribution < 1.29 is 28.6 Å². The van der Waals surface area contributed by atoms with Crippen molar-refractivity contribution in [3.63, 3.8) is 0 Å². The third-order valence-electron chi connectivity index (χ3n) is 10.9. The van der Waals surface area contributed by atoms with Crippen molar-refractivity contribution in [2.45, 2.75) is 252 Å². The fourth-order valence-corrected chi connectivity index (χ4v) is 7.04. The summed E-state index contributed by atoms with van der Waals surface area (Å²) in [5.74, 6) is -0.907. The van der Waals surface area contributed by atoms with E-state index in [0.717, 1.165) is 83.5 Å². The second-order valence-electron chi connectivity index (χ2n) is 16.8. The maximum Gasteiger partial charge on any atom is 0.306 e. The summed E-state index contributed by atoms with van der Waals surface area (Å²) >= 11 is 0. The van der Waals surface area contributed by atoms with Crippen LogP contribution in [0.15, 0.2) is 60.8 Å². The Morgan fingerprint density at radius 3 is 1.08 bits per heavy atom. The smallest absolute Gasteiger partial charge is 0.306 e. The first-order chi connectivity index (χ1) is 29.5. The average Bonchev–Trinajstić information content (AvgIpc) is 3.24. The monoisotopic (exact) mass is 839 g/mol. The molecule has 346 valence electrons. The third-order valence-corrected chi connectivity index (χ3v) is 10.9. The van der Waals surface area contributed by atoms with Crippen molar-refractivity contribution in [1.82, 2.24) is 0 Å². The zero-order chi connectivity index (χ0) is 43.7. The molecular weight excluding hydrogens is 745 g/mol. The van der Waals surface area contributed by atoms with Crippen LogP contribution < -0.4 is 0 Å². The van der Waals surface area contributed by atoms with Crippen molar-refractivity contribution >= 4 is 17.9 Å². The van der Waals surface area contributed by atoms with E-state index in [9.17, 15) is 14.4 Å². The summed E-state index contributed by atoms with van der Waals surface area (Å²) in [7, 11) is 0. The number of carbonyl (C=O) groups is 3. The molecule has 0 aromatic carbocycles. The Morgan fingerprint density at radius 1 is 0.350 bits per heavy atom. The van der Waals surface area contributed by atoms with Gasteiger partial charge in [0, 0.05) is 19.3 Å². The minimum Gasteiger partial charge on any atom is -0.462 e. The van der Waals surface area contributed by atoms with Gasteiger partial charge in [-0.05, 0) is 64.2 Å². The van der Waals surface area contributed by atoms with Crippen LogP contribution in [0, 0.1) is 0 Å². The molecule has 0 rings (SSSR count). The van der Waals surface area contributed by atoms with Gasteiger partial charge in [0.05, 0.1) is 0 Å². The molecule has 0 aromatic heterocycles. The fourth-order valence-electron chi connectivity index (χ4n) is 7.04. The molecule has 0 saturated carbocycles. The number of ether oxygens (including phenoxy) is 3.